The first-order valence-corrected chi connectivity index (χ1v) is 10.0. The third kappa shape index (κ3) is 5.71. The Balaban J connectivity index is 1.47. The first-order chi connectivity index (χ1) is 13.7. The lowest BCUT2D eigenvalue weighted by atomic mass is 10.0. The summed E-state index contributed by atoms with van der Waals surface area (Å²) in [5, 5.41) is 10.5. The predicted molar refractivity (Wildman–Crippen MR) is 110 cm³/mol. The van der Waals surface area contributed by atoms with Gasteiger partial charge in [-0.2, -0.15) is 0 Å². The van der Waals surface area contributed by atoms with E-state index in [1.807, 2.05) is 43.3 Å². The summed E-state index contributed by atoms with van der Waals surface area (Å²) in [5.74, 6) is 1.72. The van der Waals surface area contributed by atoms with Crippen LogP contribution in [0.2, 0.25) is 0 Å². The quantitative estimate of drug-likeness (QED) is 0.674. The molecule has 2 aromatic carbocycles. The van der Waals surface area contributed by atoms with Crippen molar-refractivity contribution >= 4 is 0 Å². The maximum atomic E-state index is 10.5. The molecule has 0 radical (unpaired) electrons. The van der Waals surface area contributed by atoms with E-state index < -0.39 is 6.10 Å². The second-order valence-corrected chi connectivity index (χ2v) is 7.18. The minimum atomic E-state index is -0.506. The number of benzene rings is 2. The van der Waals surface area contributed by atoms with E-state index in [4.69, 9.17) is 14.2 Å². The van der Waals surface area contributed by atoms with Gasteiger partial charge in [0.1, 0.15) is 11.5 Å². The molecule has 3 rings (SSSR count). The fraction of sp³-hybridized carbons (Fsp3) is 0.478. The average molecular weight is 386 g/mol. The van der Waals surface area contributed by atoms with Crippen molar-refractivity contribution in [1.29, 1.82) is 0 Å². The molecule has 5 heteroatoms. The molecule has 5 nitrogen and oxygen atoms in total. The number of hydrogen-bond donors (Lipinski definition) is 1. The predicted octanol–water partition coefficient (Wildman–Crippen LogP) is 3.81. The zero-order valence-corrected chi connectivity index (χ0v) is 16.8. The molecule has 0 aliphatic carbocycles. The van der Waals surface area contributed by atoms with Crippen molar-refractivity contribution in [1.82, 2.24) is 4.90 Å². The number of likely N-dealkylation sites (tertiary alicyclic amines) is 1. The summed E-state index contributed by atoms with van der Waals surface area (Å²) in [6.07, 6.45) is 1.76. The van der Waals surface area contributed by atoms with Crippen LogP contribution >= 0.6 is 0 Å². The van der Waals surface area contributed by atoms with Crippen LogP contribution in [0.15, 0.2) is 48.5 Å². The standard InChI is InChI=1S/C23H31NO4/c1-3-28-21-11-9-19(10-12-21)23-8-5-13-24(23)15-20(25)17-27-16-18-6-4-7-22(14-18)26-2/h4,6-7,9-12,14,20,23,25H,3,5,8,13,15-17H2,1-2H3. The van der Waals surface area contributed by atoms with E-state index in [2.05, 4.69) is 17.0 Å². The van der Waals surface area contributed by atoms with Gasteiger partial charge in [-0.15, -0.1) is 0 Å². The van der Waals surface area contributed by atoms with Crippen LogP contribution in [0.3, 0.4) is 0 Å². The Bertz CT molecular complexity index is 719. The summed E-state index contributed by atoms with van der Waals surface area (Å²) in [6.45, 7) is 5.09. The van der Waals surface area contributed by atoms with Crippen molar-refractivity contribution in [3.8, 4) is 11.5 Å². The summed E-state index contributed by atoms with van der Waals surface area (Å²) in [4.78, 5) is 2.36. The Morgan fingerprint density at radius 2 is 1.96 bits per heavy atom. The zero-order chi connectivity index (χ0) is 19.8. The van der Waals surface area contributed by atoms with Gasteiger partial charge in [0, 0.05) is 12.6 Å². The largest absolute Gasteiger partial charge is 0.497 e. The number of hydrogen-bond acceptors (Lipinski definition) is 5. The Morgan fingerprint density at radius 1 is 1.14 bits per heavy atom. The van der Waals surface area contributed by atoms with Gasteiger partial charge >= 0.3 is 0 Å². The van der Waals surface area contributed by atoms with Crippen molar-refractivity contribution in [3.05, 3.63) is 59.7 Å². The van der Waals surface area contributed by atoms with Gasteiger partial charge in [0.05, 0.1) is 33.0 Å². The van der Waals surface area contributed by atoms with Gasteiger partial charge in [0.25, 0.3) is 0 Å². The molecule has 1 aliphatic heterocycles. The van der Waals surface area contributed by atoms with Crippen LogP contribution in [0.5, 0.6) is 11.5 Å². The molecule has 2 atom stereocenters. The molecule has 1 aliphatic rings. The summed E-state index contributed by atoms with van der Waals surface area (Å²) in [6, 6.07) is 16.5. The van der Waals surface area contributed by atoms with Gasteiger partial charge in [-0.25, -0.2) is 0 Å². The third-order valence-corrected chi connectivity index (χ3v) is 5.10. The van der Waals surface area contributed by atoms with E-state index in [0.717, 1.165) is 36.4 Å². The molecule has 0 bridgehead atoms. The Labute approximate surface area is 167 Å². The highest BCUT2D eigenvalue weighted by atomic mass is 16.5. The van der Waals surface area contributed by atoms with Gasteiger partial charge in [-0.1, -0.05) is 24.3 Å². The maximum Gasteiger partial charge on any atom is 0.119 e. The number of nitrogens with zero attached hydrogens (tertiary/aromatic N) is 1. The molecular weight excluding hydrogens is 354 g/mol. The number of rotatable bonds is 10. The number of methoxy groups -OCH3 is 1. The topological polar surface area (TPSA) is 51.2 Å². The second kappa shape index (κ2) is 10.5. The highest BCUT2D eigenvalue weighted by molar-refractivity contribution is 5.30. The first kappa shape index (κ1) is 20.6. The molecule has 1 saturated heterocycles. The highest BCUT2D eigenvalue weighted by Gasteiger charge is 2.27. The fourth-order valence-electron chi connectivity index (χ4n) is 3.77. The first-order valence-electron chi connectivity index (χ1n) is 10.0. The smallest absolute Gasteiger partial charge is 0.119 e. The van der Waals surface area contributed by atoms with Crippen molar-refractivity contribution in [2.75, 3.05) is 33.4 Å². The van der Waals surface area contributed by atoms with E-state index in [1.54, 1.807) is 7.11 Å². The van der Waals surface area contributed by atoms with Crippen LogP contribution in [0, 0.1) is 0 Å². The van der Waals surface area contributed by atoms with Crippen molar-refractivity contribution in [2.45, 2.75) is 38.5 Å². The minimum Gasteiger partial charge on any atom is -0.497 e. The number of ether oxygens (including phenoxy) is 3. The summed E-state index contributed by atoms with van der Waals surface area (Å²) in [5.41, 5.74) is 2.32. The van der Waals surface area contributed by atoms with Crippen LogP contribution in [0.1, 0.15) is 36.9 Å². The van der Waals surface area contributed by atoms with Gasteiger partial charge in [0.15, 0.2) is 0 Å². The molecule has 28 heavy (non-hydrogen) atoms. The lowest BCUT2D eigenvalue weighted by Crippen LogP contribution is -2.34. The lowest BCUT2D eigenvalue weighted by Gasteiger charge is -2.27. The zero-order valence-electron chi connectivity index (χ0n) is 16.8. The molecule has 2 aromatic rings. The van der Waals surface area contributed by atoms with Gasteiger partial charge in [0.2, 0.25) is 0 Å². The highest BCUT2D eigenvalue weighted by Crippen LogP contribution is 2.32. The molecule has 1 fully saturated rings. The third-order valence-electron chi connectivity index (χ3n) is 5.10. The molecule has 0 spiro atoms. The number of aliphatic hydroxyl groups excluding tert-OH is 1. The second-order valence-electron chi connectivity index (χ2n) is 7.18. The molecular formula is C23H31NO4. The Hall–Kier alpha value is -2.08. The normalized spacial score (nSPS) is 18.2. The minimum absolute atomic E-state index is 0.323. The summed E-state index contributed by atoms with van der Waals surface area (Å²) >= 11 is 0. The molecule has 0 aromatic heterocycles. The van der Waals surface area contributed by atoms with Crippen molar-refractivity contribution in [2.24, 2.45) is 0 Å². The van der Waals surface area contributed by atoms with E-state index in [0.29, 0.717) is 32.4 Å². The van der Waals surface area contributed by atoms with Crippen LogP contribution in [0.25, 0.3) is 0 Å². The lowest BCUT2D eigenvalue weighted by molar-refractivity contribution is 0.00768. The fourth-order valence-corrected chi connectivity index (χ4v) is 3.77. The van der Waals surface area contributed by atoms with Crippen molar-refractivity contribution in [3.63, 3.8) is 0 Å². The van der Waals surface area contributed by atoms with Crippen LogP contribution in [0.4, 0.5) is 0 Å². The van der Waals surface area contributed by atoms with Gasteiger partial charge in [-0.05, 0) is 61.7 Å². The van der Waals surface area contributed by atoms with E-state index in [9.17, 15) is 5.11 Å². The van der Waals surface area contributed by atoms with Crippen LogP contribution in [-0.2, 0) is 11.3 Å². The molecule has 1 N–H and O–H groups in total. The van der Waals surface area contributed by atoms with Crippen LogP contribution in [-0.4, -0.2) is 49.5 Å². The van der Waals surface area contributed by atoms with Crippen molar-refractivity contribution < 1.29 is 19.3 Å². The van der Waals surface area contributed by atoms with Crippen LogP contribution < -0.4 is 9.47 Å². The Kier molecular flexibility index (Phi) is 7.71. The van der Waals surface area contributed by atoms with E-state index >= 15 is 0 Å². The van der Waals surface area contributed by atoms with Gasteiger partial charge in [-0.3, -0.25) is 4.90 Å². The number of aliphatic hydroxyl groups is 1. The maximum absolute atomic E-state index is 10.5. The number of β-amino-alcohol motifs (C(OH)–C–C–N with tert-alkyl or cyclic N) is 1. The molecule has 0 saturated carbocycles. The van der Waals surface area contributed by atoms with E-state index in [-0.39, 0.29) is 0 Å². The summed E-state index contributed by atoms with van der Waals surface area (Å²) in [7, 11) is 1.65. The summed E-state index contributed by atoms with van der Waals surface area (Å²) < 4.78 is 16.5. The molecule has 1 heterocycles. The molecule has 152 valence electrons. The Morgan fingerprint density at radius 3 is 2.71 bits per heavy atom. The van der Waals surface area contributed by atoms with Gasteiger partial charge < -0.3 is 19.3 Å². The average Bonchev–Trinajstić information content (AvgIpc) is 3.17. The van der Waals surface area contributed by atoms with E-state index in [1.165, 1.54) is 5.56 Å². The monoisotopic (exact) mass is 385 g/mol. The molecule has 2 unspecified atom stereocenters. The molecule has 0 amide bonds. The SMILES string of the molecule is CCOc1ccc(C2CCCN2CC(O)COCc2cccc(OC)c2)cc1.